The molecule has 0 spiro atoms. The molecule has 3 aromatic rings. The third kappa shape index (κ3) is 3.68. The van der Waals surface area contributed by atoms with Crippen molar-refractivity contribution in [2.45, 2.75) is 18.9 Å². The summed E-state index contributed by atoms with van der Waals surface area (Å²) < 4.78 is 42.1. The Morgan fingerprint density at radius 2 is 1.93 bits per heavy atom. The van der Waals surface area contributed by atoms with Crippen molar-refractivity contribution in [3.8, 4) is 17.0 Å². The summed E-state index contributed by atoms with van der Waals surface area (Å²) in [4.78, 5) is 17.3. The lowest BCUT2D eigenvalue weighted by atomic mass is 10.1. The maximum Gasteiger partial charge on any atom is 0.573 e. The number of anilines is 1. The number of alkyl halides is 3. The Kier molecular flexibility index (Phi) is 4.50. The van der Waals surface area contributed by atoms with Gasteiger partial charge >= 0.3 is 6.36 Å². The van der Waals surface area contributed by atoms with Crippen molar-refractivity contribution in [1.82, 2.24) is 4.98 Å². The van der Waals surface area contributed by atoms with E-state index in [1.807, 2.05) is 11.0 Å². The summed E-state index contributed by atoms with van der Waals surface area (Å²) >= 11 is 0. The lowest BCUT2D eigenvalue weighted by Crippen LogP contribution is -2.21. The fourth-order valence-electron chi connectivity index (χ4n) is 3.47. The number of aliphatic hydroxyl groups excluding tert-OH is 1. The Bertz CT molecular complexity index is 1080. The van der Waals surface area contributed by atoms with Crippen LogP contribution < -0.4 is 15.2 Å². The van der Waals surface area contributed by atoms with Crippen LogP contribution in [0.3, 0.4) is 0 Å². The van der Waals surface area contributed by atoms with Crippen molar-refractivity contribution in [3.63, 3.8) is 0 Å². The highest BCUT2D eigenvalue weighted by atomic mass is 19.4. The predicted octanol–water partition coefficient (Wildman–Crippen LogP) is 3.66. The second-order valence-electron chi connectivity index (χ2n) is 6.72. The predicted molar refractivity (Wildman–Crippen MR) is 99.5 cm³/mol. The molecule has 1 aromatic heterocycles. The number of pyridine rings is 1. The second-order valence-corrected chi connectivity index (χ2v) is 6.72. The van der Waals surface area contributed by atoms with E-state index in [0.29, 0.717) is 30.3 Å². The van der Waals surface area contributed by atoms with Crippen LogP contribution in [-0.4, -0.2) is 35.6 Å². The Hall–Kier alpha value is -3.00. The van der Waals surface area contributed by atoms with Gasteiger partial charge in [0.2, 0.25) is 0 Å². The van der Waals surface area contributed by atoms with E-state index in [1.54, 1.807) is 24.3 Å². The summed E-state index contributed by atoms with van der Waals surface area (Å²) in [6, 6.07) is 12.6. The van der Waals surface area contributed by atoms with Gasteiger partial charge in [-0.3, -0.25) is 4.79 Å². The molecule has 1 unspecified atom stereocenters. The van der Waals surface area contributed by atoms with E-state index >= 15 is 0 Å². The van der Waals surface area contributed by atoms with Crippen molar-refractivity contribution < 1.29 is 23.0 Å². The van der Waals surface area contributed by atoms with Crippen LogP contribution in [0.4, 0.5) is 18.9 Å². The number of aromatic amines is 1. The summed E-state index contributed by atoms with van der Waals surface area (Å²) in [5.41, 5.74) is 0.797. The molecule has 0 bridgehead atoms. The van der Waals surface area contributed by atoms with Crippen LogP contribution in [0, 0.1) is 0 Å². The number of para-hydroxylation sites is 1. The number of H-pyrrole nitrogens is 1. The molecule has 2 N–H and O–H groups in total. The number of β-amino-alcohol motifs (C(OH)–C–C–N with tert-alkyl or cyclic N) is 1. The quantitative estimate of drug-likeness (QED) is 0.716. The van der Waals surface area contributed by atoms with Gasteiger partial charge in [0, 0.05) is 29.7 Å². The van der Waals surface area contributed by atoms with Crippen LogP contribution in [0.15, 0.2) is 53.3 Å². The molecule has 146 valence electrons. The van der Waals surface area contributed by atoms with Gasteiger partial charge in [0.25, 0.3) is 5.56 Å². The van der Waals surface area contributed by atoms with Crippen molar-refractivity contribution in [3.05, 3.63) is 58.9 Å². The Labute approximate surface area is 158 Å². The number of rotatable bonds is 3. The lowest BCUT2D eigenvalue weighted by molar-refractivity contribution is -0.274. The summed E-state index contributed by atoms with van der Waals surface area (Å²) in [6.45, 7) is 1.20. The number of nitrogens with one attached hydrogen (secondary N) is 1. The zero-order valence-electron chi connectivity index (χ0n) is 14.7. The highest BCUT2D eigenvalue weighted by Gasteiger charge is 2.32. The number of hydrogen-bond donors (Lipinski definition) is 2. The number of aliphatic hydroxyl groups is 1. The number of fused-ring (bicyclic) bond motifs is 1. The van der Waals surface area contributed by atoms with Gasteiger partial charge in [-0.1, -0.05) is 18.2 Å². The number of benzene rings is 2. The molecule has 1 atom stereocenters. The maximum absolute atomic E-state index is 12.7. The van der Waals surface area contributed by atoms with Crippen LogP contribution >= 0.6 is 0 Å². The molecule has 5 nitrogen and oxygen atoms in total. The minimum absolute atomic E-state index is 0.144. The zero-order chi connectivity index (χ0) is 19.9. The first kappa shape index (κ1) is 18.4. The molecule has 1 aliphatic heterocycles. The van der Waals surface area contributed by atoms with Crippen molar-refractivity contribution in [1.29, 1.82) is 0 Å². The van der Waals surface area contributed by atoms with Crippen LogP contribution in [-0.2, 0) is 0 Å². The molecule has 2 heterocycles. The Morgan fingerprint density at radius 3 is 2.64 bits per heavy atom. The first-order valence-electron chi connectivity index (χ1n) is 8.75. The van der Waals surface area contributed by atoms with E-state index in [2.05, 4.69) is 9.72 Å². The van der Waals surface area contributed by atoms with E-state index in [4.69, 9.17) is 0 Å². The van der Waals surface area contributed by atoms with Gasteiger partial charge in [0.1, 0.15) is 5.75 Å². The fourth-order valence-corrected chi connectivity index (χ4v) is 3.47. The van der Waals surface area contributed by atoms with Crippen LogP contribution in [0.1, 0.15) is 6.42 Å². The number of aromatic nitrogens is 1. The molecular weight excluding hydrogens is 373 g/mol. The molecule has 0 aliphatic carbocycles. The minimum Gasteiger partial charge on any atom is -0.405 e. The van der Waals surface area contributed by atoms with Gasteiger partial charge in [-0.05, 0) is 42.1 Å². The third-order valence-electron chi connectivity index (χ3n) is 4.76. The van der Waals surface area contributed by atoms with E-state index in [0.717, 1.165) is 5.69 Å². The first-order valence-corrected chi connectivity index (χ1v) is 8.75. The standard InChI is InChI=1S/C20H17F3N2O3/c21-20(22,23)28-18-4-2-1-3-15(18)17-9-12-5-6-13(10-16(12)19(27)24-17)25-8-7-14(26)11-25/h1-6,9-10,14,26H,7-8,11H2,(H,24,27). The van der Waals surface area contributed by atoms with Crippen molar-refractivity contribution >= 4 is 16.5 Å². The van der Waals surface area contributed by atoms with E-state index in [-0.39, 0.29) is 23.1 Å². The molecule has 4 rings (SSSR count). The number of ether oxygens (including phenoxy) is 1. The number of hydrogen-bond acceptors (Lipinski definition) is 4. The number of nitrogens with zero attached hydrogens (tertiary/aromatic N) is 1. The topological polar surface area (TPSA) is 65.6 Å². The molecule has 1 fully saturated rings. The Morgan fingerprint density at radius 1 is 1.14 bits per heavy atom. The monoisotopic (exact) mass is 390 g/mol. The highest BCUT2D eigenvalue weighted by molar-refractivity contribution is 5.88. The van der Waals surface area contributed by atoms with Crippen LogP contribution in [0.25, 0.3) is 22.0 Å². The average Bonchev–Trinajstić information content (AvgIpc) is 3.07. The van der Waals surface area contributed by atoms with E-state index in [1.165, 1.54) is 18.2 Å². The average molecular weight is 390 g/mol. The maximum atomic E-state index is 12.7. The first-order chi connectivity index (χ1) is 13.3. The van der Waals surface area contributed by atoms with Gasteiger partial charge in [0.05, 0.1) is 11.8 Å². The summed E-state index contributed by atoms with van der Waals surface area (Å²) in [5.74, 6) is -0.382. The lowest BCUT2D eigenvalue weighted by Gasteiger charge is -2.18. The van der Waals surface area contributed by atoms with Crippen molar-refractivity contribution in [2.75, 3.05) is 18.0 Å². The van der Waals surface area contributed by atoms with E-state index < -0.39 is 11.9 Å². The van der Waals surface area contributed by atoms with Gasteiger partial charge in [-0.25, -0.2) is 0 Å². The third-order valence-corrected chi connectivity index (χ3v) is 4.76. The molecule has 1 saturated heterocycles. The number of halogens is 3. The SMILES string of the molecule is O=c1[nH]c(-c2ccccc2OC(F)(F)F)cc2ccc(N3CCC(O)C3)cc12. The molecule has 0 saturated carbocycles. The Balaban J connectivity index is 1.76. The minimum atomic E-state index is -4.83. The highest BCUT2D eigenvalue weighted by Crippen LogP contribution is 2.33. The molecule has 0 radical (unpaired) electrons. The van der Waals surface area contributed by atoms with E-state index in [9.17, 15) is 23.1 Å². The molecule has 2 aromatic carbocycles. The fraction of sp³-hybridized carbons (Fsp3) is 0.250. The van der Waals surface area contributed by atoms with Gasteiger partial charge in [-0.15, -0.1) is 13.2 Å². The van der Waals surface area contributed by atoms with Gasteiger partial charge < -0.3 is 19.7 Å². The summed E-state index contributed by atoms with van der Waals surface area (Å²) in [6.07, 6.45) is -4.55. The van der Waals surface area contributed by atoms with Gasteiger partial charge in [0.15, 0.2) is 0 Å². The molecule has 0 amide bonds. The molecule has 28 heavy (non-hydrogen) atoms. The van der Waals surface area contributed by atoms with Gasteiger partial charge in [-0.2, -0.15) is 0 Å². The summed E-state index contributed by atoms with van der Waals surface area (Å²) in [7, 11) is 0. The largest absolute Gasteiger partial charge is 0.573 e. The van der Waals surface area contributed by atoms with Crippen molar-refractivity contribution in [2.24, 2.45) is 0 Å². The normalized spacial score (nSPS) is 17.3. The summed E-state index contributed by atoms with van der Waals surface area (Å²) in [5, 5.41) is 10.7. The second kappa shape index (κ2) is 6.87. The van der Waals surface area contributed by atoms with Crippen LogP contribution in [0.5, 0.6) is 5.75 Å². The molecule has 8 heteroatoms. The smallest absolute Gasteiger partial charge is 0.405 e. The van der Waals surface area contributed by atoms with Crippen LogP contribution in [0.2, 0.25) is 0 Å². The molecule has 1 aliphatic rings. The molecular formula is C20H17F3N2O3. The zero-order valence-corrected chi connectivity index (χ0v) is 14.7.